The fourth-order valence-electron chi connectivity index (χ4n) is 4.65. The van der Waals surface area contributed by atoms with Crippen molar-refractivity contribution in [3.05, 3.63) is 44.9 Å². The molecule has 1 saturated heterocycles. The van der Waals surface area contributed by atoms with Crippen LogP contribution in [0.3, 0.4) is 0 Å². The van der Waals surface area contributed by atoms with E-state index in [4.69, 9.17) is 4.98 Å². The molecular formula is C22H32N6O2. The number of aromatic nitrogens is 4. The van der Waals surface area contributed by atoms with Gasteiger partial charge in [0.05, 0.1) is 29.4 Å². The first-order chi connectivity index (χ1) is 14.3. The third-order valence-electron chi connectivity index (χ3n) is 6.44. The molecule has 0 saturated carbocycles. The van der Waals surface area contributed by atoms with E-state index in [0.29, 0.717) is 26.2 Å². The Morgan fingerprint density at radius 3 is 2.67 bits per heavy atom. The largest absolute Gasteiger partial charge is 0.342 e. The quantitative estimate of drug-likeness (QED) is 0.825. The maximum atomic E-state index is 12.9. The van der Waals surface area contributed by atoms with Gasteiger partial charge in [-0.25, -0.2) is 4.98 Å². The van der Waals surface area contributed by atoms with Crippen molar-refractivity contribution in [2.24, 2.45) is 5.92 Å². The third kappa shape index (κ3) is 4.19. The topological polar surface area (TPSA) is 87.1 Å². The van der Waals surface area contributed by atoms with Crippen LogP contribution in [0, 0.1) is 19.8 Å². The molecule has 30 heavy (non-hydrogen) atoms. The number of likely N-dealkylation sites (tertiary alicyclic amines) is 1. The Balaban J connectivity index is 1.38. The summed E-state index contributed by atoms with van der Waals surface area (Å²) in [5.41, 5.74) is 3.81. The normalized spacial score (nSPS) is 19.0. The molecule has 0 aliphatic carbocycles. The van der Waals surface area contributed by atoms with Gasteiger partial charge in [-0.05, 0) is 39.8 Å². The van der Waals surface area contributed by atoms with Crippen LogP contribution in [0.4, 0.5) is 0 Å². The minimum Gasteiger partial charge on any atom is -0.342 e. The molecule has 4 rings (SSSR count). The SMILES string of the molecule is Cc1cc(C)n(CC(C)C(=O)N2CCC(c3nc4c(c(=O)[nH]3)CN(C)CC4)CC2)n1. The van der Waals surface area contributed by atoms with Crippen molar-refractivity contribution in [2.45, 2.75) is 59.0 Å². The van der Waals surface area contributed by atoms with Gasteiger partial charge in [-0.3, -0.25) is 14.3 Å². The number of carbonyl (C=O) groups is 1. The van der Waals surface area contributed by atoms with Crippen LogP contribution >= 0.6 is 0 Å². The number of aryl methyl sites for hydroxylation is 2. The van der Waals surface area contributed by atoms with Gasteiger partial charge in [0.2, 0.25) is 5.91 Å². The standard InChI is InChI=1S/C22H32N6O2/c1-14(12-28-16(3)11-15(2)25-28)22(30)27-9-5-17(6-10-27)20-23-19-7-8-26(4)13-18(19)21(29)24-20/h11,14,17H,5-10,12-13H2,1-4H3,(H,23,24,29). The van der Waals surface area contributed by atoms with E-state index in [1.54, 1.807) is 0 Å². The molecule has 2 aliphatic heterocycles. The zero-order chi connectivity index (χ0) is 21.4. The zero-order valence-electron chi connectivity index (χ0n) is 18.4. The summed E-state index contributed by atoms with van der Waals surface area (Å²) < 4.78 is 1.92. The molecule has 1 atom stereocenters. The Bertz CT molecular complexity index is 986. The van der Waals surface area contributed by atoms with E-state index in [0.717, 1.165) is 54.3 Å². The number of aromatic amines is 1. The first-order valence-corrected chi connectivity index (χ1v) is 10.9. The number of amides is 1. The Morgan fingerprint density at radius 1 is 1.27 bits per heavy atom. The van der Waals surface area contributed by atoms with Crippen LogP contribution in [-0.2, 0) is 24.3 Å². The van der Waals surface area contributed by atoms with Crippen molar-refractivity contribution in [3.8, 4) is 0 Å². The van der Waals surface area contributed by atoms with Gasteiger partial charge in [0.1, 0.15) is 5.82 Å². The minimum atomic E-state index is -0.113. The Kier molecular flexibility index (Phi) is 5.77. The summed E-state index contributed by atoms with van der Waals surface area (Å²) in [5.74, 6) is 1.07. The lowest BCUT2D eigenvalue weighted by Crippen LogP contribution is -2.42. The molecule has 8 heteroatoms. The average molecular weight is 413 g/mol. The highest BCUT2D eigenvalue weighted by molar-refractivity contribution is 5.78. The van der Waals surface area contributed by atoms with E-state index in [1.165, 1.54) is 0 Å². The number of rotatable bonds is 4. The maximum absolute atomic E-state index is 12.9. The summed E-state index contributed by atoms with van der Waals surface area (Å²) in [6.45, 7) is 9.58. The van der Waals surface area contributed by atoms with Crippen molar-refractivity contribution in [2.75, 3.05) is 26.7 Å². The van der Waals surface area contributed by atoms with Gasteiger partial charge >= 0.3 is 0 Å². The Labute approximate surface area is 177 Å². The summed E-state index contributed by atoms with van der Waals surface area (Å²) >= 11 is 0. The van der Waals surface area contributed by atoms with Gasteiger partial charge in [-0.15, -0.1) is 0 Å². The van der Waals surface area contributed by atoms with Crippen LogP contribution in [0.25, 0.3) is 0 Å². The van der Waals surface area contributed by atoms with Gasteiger partial charge in [0, 0.05) is 44.2 Å². The predicted molar refractivity (Wildman–Crippen MR) is 114 cm³/mol. The third-order valence-corrected chi connectivity index (χ3v) is 6.44. The monoisotopic (exact) mass is 412 g/mol. The van der Waals surface area contributed by atoms with Crippen LogP contribution in [-0.4, -0.2) is 62.1 Å². The molecular weight excluding hydrogens is 380 g/mol. The predicted octanol–water partition coefficient (Wildman–Crippen LogP) is 1.61. The summed E-state index contributed by atoms with van der Waals surface area (Å²) in [6, 6.07) is 2.03. The lowest BCUT2D eigenvalue weighted by atomic mass is 9.94. The molecule has 0 radical (unpaired) electrons. The highest BCUT2D eigenvalue weighted by atomic mass is 16.2. The van der Waals surface area contributed by atoms with Gasteiger partial charge < -0.3 is 14.8 Å². The van der Waals surface area contributed by atoms with Crippen molar-refractivity contribution < 1.29 is 4.79 Å². The lowest BCUT2D eigenvalue weighted by molar-refractivity contribution is -0.136. The molecule has 0 spiro atoms. The number of piperidine rings is 1. The van der Waals surface area contributed by atoms with Gasteiger partial charge in [0.25, 0.3) is 5.56 Å². The average Bonchev–Trinajstić information content (AvgIpc) is 3.04. The molecule has 0 bridgehead atoms. The Hall–Kier alpha value is -2.48. The Morgan fingerprint density at radius 2 is 2.00 bits per heavy atom. The molecule has 4 heterocycles. The molecule has 2 aliphatic rings. The summed E-state index contributed by atoms with van der Waals surface area (Å²) in [5, 5.41) is 4.48. The molecule has 0 aromatic carbocycles. The molecule has 1 unspecified atom stereocenters. The van der Waals surface area contributed by atoms with E-state index >= 15 is 0 Å². The van der Waals surface area contributed by atoms with E-state index in [1.807, 2.05) is 43.5 Å². The fraction of sp³-hybridized carbons (Fsp3) is 0.636. The van der Waals surface area contributed by atoms with Crippen LogP contribution in [0.2, 0.25) is 0 Å². The molecule has 162 valence electrons. The van der Waals surface area contributed by atoms with E-state index < -0.39 is 0 Å². The van der Waals surface area contributed by atoms with E-state index in [2.05, 4.69) is 15.0 Å². The number of nitrogens with zero attached hydrogens (tertiary/aromatic N) is 5. The highest BCUT2D eigenvalue weighted by Crippen LogP contribution is 2.27. The molecule has 1 fully saturated rings. The fourth-order valence-corrected chi connectivity index (χ4v) is 4.65. The number of H-pyrrole nitrogens is 1. The van der Waals surface area contributed by atoms with Crippen LogP contribution in [0.15, 0.2) is 10.9 Å². The van der Waals surface area contributed by atoms with Gasteiger partial charge in [-0.2, -0.15) is 5.10 Å². The van der Waals surface area contributed by atoms with Crippen molar-refractivity contribution in [1.29, 1.82) is 0 Å². The summed E-state index contributed by atoms with van der Waals surface area (Å²) in [6.07, 6.45) is 2.49. The molecule has 2 aromatic rings. The minimum absolute atomic E-state index is 0.00133. The summed E-state index contributed by atoms with van der Waals surface area (Å²) in [7, 11) is 2.03. The molecule has 1 N–H and O–H groups in total. The number of fused-ring (bicyclic) bond motifs is 1. The zero-order valence-corrected chi connectivity index (χ0v) is 18.4. The maximum Gasteiger partial charge on any atom is 0.255 e. The second-order valence-electron chi connectivity index (χ2n) is 8.97. The highest BCUT2D eigenvalue weighted by Gasteiger charge is 2.29. The van der Waals surface area contributed by atoms with E-state index in [-0.39, 0.29) is 23.3 Å². The number of likely N-dealkylation sites (N-methyl/N-ethyl adjacent to an activating group) is 1. The molecule has 1 amide bonds. The van der Waals surface area contributed by atoms with Crippen LogP contribution in [0.5, 0.6) is 0 Å². The van der Waals surface area contributed by atoms with Gasteiger partial charge in [0.15, 0.2) is 0 Å². The number of hydrogen-bond acceptors (Lipinski definition) is 5. The van der Waals surface area contributed by atoms with Gasteiger partial charge in [-0.1, -0.05) is 6.92 Å². The first kappa shape index (κ1) is 20.8. The second kappa shape index (κ2) is 8.34. The van der Waals surface area contributed by atoms with Crippen molar-refractivity contribution in [1.82, 2.24) is 29.5 Å². The van der Waals surface area contributed by atoms with Crippen LogP contribution < -0.4 is 5.56 Å². The van der Waals surface area contributed by atoms with E-state index in [9.17, 15) is 9.59 Å². The second-order valence-corrected chi connectivity index (χ2v) is 8.97. The number of hydrogen-bond donors (Lipinski definition) is 1. The molecule has 2 aromatic heterocycles. The number of nitrogens with one attached hydrogen (secondary N) is 1. The van der Waals surface area contributed by atoms with Crippen LogP contribution in [0.1, 0.15) is 54.2 Å². The molecule has 8 nitrogen and oxygen atoms in total. The number of carbonyl (C=O) groups excluding carboxylic acids is 1. The first-order valence-electron chi connectivity index (χ1n) is 10.9. The lowest BCUT2D eigenvalue weighted by Gasteiger charge is -2.33. The van der Waals surface area contributed by atoms with Crippen molar-refractivity contribution in [3.63, 3.8) is 0 Å². The smallest absolute Gasteiger partial charge is 0.255 e. The van der Waals surface area contributed by atoms with Crippen molar-refractivity contribution >= 4 is 5.91 Å². The summed E-state index contributed by atoms with van der Waals surface area (Å²) in [4.78, 5) is 37.4.